The SMILES string of the molecule is CC12COC(c3cccnc3)(OC1)OC2. The molecule has 3 aliphatic heterocycles. The van der Waals surface area contributed by atoms with Crippen LogP contribution in [0.2, 0.25) is 0 Å². The Morgan fingerprint density at radius 3 is 2.40 bits per heavy atom. The van der Waals surface area contributed by atoms with Crippen LogP contribution >= 0.6 is 0 Å². The largest absolute Gasteiger partial charge is 0.323 e. The minimum absolute atomic E-state index is 0.00393. The van der Waals surface area contributed by atoms with Gasteiger partial charge in [0.25, 0.3) is 0 Å². The van der Waals surface area contributed by atoms with E-state index in [0.717, 1.165) is 5.56 Å². The molecule has 4 rings (SSSR count). The number of fused-ring (bicyclic) bond motifs is 3. The van der Waals surface area contributed by atoms with E-state index in [4.69, 9.17) is 14.2 Å². The molecule has 0 aromatic carbocycles. The predicted molar refractivity (Wildman–Crippen MR) is 51.9 cm³/mol. The van der Waals surface area contributed by atoms with Crippen LogP contribution in [-0.4, -0.2) is 24.8 Å². The van der Waals surface area contributed by atoms with Crippen molar-refractivity contribution >= 4 is 0 Å². The van der Waals surface area contributed by atoms with Crippen molar-refractivity contribution < 1.29 is 14.2 Å². The molecule has 0 N–H and O–H groups in total. The Balaban J connectivity index is 1.94. The third kappa shape index (κ3) is 1.37. The van der Waals surface area contributed by atoms with Gasteiger partial charge in [0.1, 0.15) is 0 Å². The van der Waals surface area contributed by atoms with E-state index in [1.54, 1.807) is 12.4 Å². The molecular weight excluding hydrogens is 194 g/mol. The zero-order chi connectivity index (χ0) is 10.4. The van der Waals surface area contributed by atoms with Crippen LogP contribution in [0.5, 0.6) is 0 Å². The Kier molecular flexibility index (Phi) is 1.86. The smallest absolute Gasteiger partial charge is 0.313 e. The second-order valence-electron chi connectivity index (χ2n) is 4.47. The maximum absolute atomic E-state index is 5.67. The monoisotopic (exact) mass is 207 g/mol. The van der Waals surface area contributed by atoms with Gasteiger partial charge < -0.3 is 14.2 Å². The van der Waals surface area contributed by atoms with Crippen LogP contribution in [0.25, 0.3) is 0 Å². The van der Waals surface area contributed by atoms with Crippen molar-refractivity contribution in [3.63, 3.8) is 0 Å². The molecule has 1 aromatic rings. The lowest BCUT2D eigenvalue weighted by atomic mass is 9.91. The number of aromatic nitrogens is 1. The Morgan fingerprint density at radius 2 is 1.87 bits per heavy atom. The molecule has 0 radical (unpaired) electrons. The first-order valence-corrected chi connectivity index (χ1v) is 5.05. The lowest BCUT2D eigenvalue weighted by Gasteiger charge is -2.50. The maximum atomic E-state index is 5.67. The van der Waals surface area contributed by atoms with Crippen LogP contribution in [0, 0.1) is 5.41 Å². The number of hydrogen-bond donors (Lipinski definition) is 0. The molecule has 3 aliphatic rings. The second kappa shape index (κ2) is 3.01. The predicted octanol–water partition coefficient (Wildman–Crippen LogP) is 1.28. The topological polar surface area (TPSA) is 40.6 Å². The fourth-order valence-corrected chi connectivity index (χ4v) is 1.85. The molecular formula is C11H13NO3. The molecule has 0 amide bonds. The zero-order valence-corrected chi connectivity index (χ0v) is 8.60. The number of ether oxygens (including phenoxy) is 3. The summed E-state index contributed by atoms with van der Waals surface area (Å²) in [6, 6.07) is 3.75. The van der Waals surface area contributed by atoms with Crippen LogP contribution in [0.15, 0.2) is 24.5 Å². The summed E-state index contributed by atoms with van der Waals surface area (Å²) in [5.74, 6) is -1.01. The molecule has 4 nitrogen and oxygen atoms in total. The number of rotatable bonds is 1. The Labute approximate surface area is 88.2 Å². The average molecular weight is 207 g/mol. The van der Waals surface area contributed by atoms with Gasteiger partial charge in [-0.3, -0.25) is 4.98 Å². The van der Waals surface area contributed by atoms with Gasteiger partial charge in [0.2, 0.25) is 0 Å². The quantitative estimate of drug-likeness (QED) is 0.695. The first-order chi connectivity index (χ1) is 7.23. The molecule has 15 heavy (non-hydrogen) atoms. The van der Waals surface area contributed by atoms with E-state index in [0.29, 0.717) is 19.8 Å². The summed E-state index contributed by atoms with van der Waals surface area (Å²) >= 11 is 0. The Bertz CT molecular complexity index is 341. The zero-order valence-electron chi connectivity index (χ0n) is 8.60. The van der Waals surface area contributed by atoms with Gasteiger partial charge >= 0.3 is 5.97 Å². The minimum Gasteiger partial charge on any atom is -0.323 e. The van der Waals surface area contributed by atoms with Crippen LogP contribution in [0.3, 0.4) is 0 Å². The van der Waals surface area contributed by atoms with Crippen molar-refractivity contribution in [1.82, 2.24) is 4.98 Å². The third-order valence-electron chi connectivity index (χ3n) is 2.85. The summed E-state index contributed by atoms with van der Waals surface area (Å²) in [6.07, 6.45) is 3.43. The molecule has 0 unspecified atom stereocenters. The van der Waals surface area contributed by atoms with Gasteiger partial charge in [-0.25, -0.2) is 0 Å². The molecule has 0 aliphatic carbocycles. The van der Waals surface area contributed by atoms with E-state index >= 15 is 0 Å². The molecule has 3 saturated heterocycles. The van der Waals surface area contributed by atoms with Gasteiger partial charge in [-0.1, -0.05) is 6.92 Å². The van der Waals surface area contributed by atoms with Crippen molar-refractivity contribution in [3.05, 3.63) is 30.1 Å². The molecule has 3 fully saturated rings. The lowest BCUT2D eigenvalue weighted by Crippen LogP contribution is -2.57. The lowest BCUT2D eigenvalue weighted by molar-refractivity contribution is -0.477. The second-order valence-corrected chi connectivity index (χ2v) is 4.47. The first kappa shape index (κ1) is 9.27. The van der Waals surface area contributed by atoms with E-state index in [1.165, 1.54) is 0 Å². The van der Waals surface area contributed by atoms with Crippen LogP contribution in [-0.2, 0) is 20.2 Å². The standard InChI is InChI=1S/C11H13NO3/c1-10-6-13-11(14-7-10,15-8-10)9-3-2-4-12-5-9/h2-5H,6-8H2,1H3. The van der Waals surface area contributed by atoms with Crippen molar-refractivity contribution in [3.8, 4) is 0 Å². The summed E-state index contributed by atoms with van der Waals surface area (Å²) in [6.45, 7) is 4.10. The van der Waals surface area contributed by atoms with Gasteiger partial charge in [-0.15, -0.1) is 0 Å². The molecule has 0 spiro atoms. The highest BCUT2D eigenvalue weighted by atomic mass is 16.9. The van der Waals surface area contributed by atoms with Gasteiger partial charge in [0.05, 0.1) is 25.4 Å². The van der Waals surface area contributed by atoms with Crippen LogP contribution in [0.1, 0.15) is 12.5 Å². The number of hydrogen-bond acceptors (Lipinski definition) is 4. The molecule has 2 bridgehead atoms. The minimum atomic E-state index is -1.01. The highest BCUT2D eigenvalue weighted by molar-refractivity contribution is 5.14. The van der Waals surface area contributed by atoms with Gasteiger partial charge in [0, 0.05) is 17.8 Å². The van der Waals surface area contributed by atoms with Crippen molar-refractivity contribution in [2.45, 2.75) is 12.9 Å². The average Bonchev–Trinajstić information content (AvgIpc) is 2.32. The van der Waals surface area contributed by atoms with Crippen molar-refractivity contribution in [2.75, 3.05) is 19.8 Å². The Morgan fingerprint density at radius 1 is 1.20 bits per heavy atom. The first-order valence-electron chi connectivity index (χ1n) is 5.05. The Hall–Kier alpha value is -0.970. The molecule has 4 heteroatoms. The molecule has 0 atom stereocenters. The normalized spacial score (nSPS) is 39.3. The number of pyridine rings is 1. The summed E-state index contributed by atoms with van der Waals surface area (Å²) in [5, 5.41) is 0. The van der Waals surface area contributed by atoms with E-state index in [2.05, 4.69) is 11.9 Å². The summed E-state index contributed by atoms with van der Waals surface area (Å²) in [4.78, 5) is 4.05. The van der Waals surface area contributed by atoms with E-state index in [9.17, 15) is 0 Å². The molecule has 1 aromatic heterocycles. The van der Waals surface area contributed by atoms with Crippen LogP contribution < -0.4 is 0 Å². The fourth-order valence-electron chi connectivity index (χ4n) is 1.85. The maximum Gasteiger partial charge on any atom is 0.313 e. The van der Waals surface area contributed by atoms with E-state index in [1.807, 2.05) is 12.1 Å². The molecule has 4 heterocycles. The van der Waals surface area contributed by atoms with E-state index in [-0.39, 0.29) is 5.41 Å². The van der Waals surface area contributed by atoms with Crippen molar-refractivity contribution in [2.24, 2.45) is 5.41 Å². The van der Waals surface area contributed by atoms with Crippen molar-refractivity contribution in [1.29, 1.82) is 0 Å². The highest BCUT2D eigenvalue weighted by Gasteiger charge is 2.51. The van der Waals surface area contributed by atoms with E-state index < -0.39 is 5.97 Å². The van der Waals surface area contributed by atoms with Gasteiger partial charge in [-0.05, 0) is 12.1 Å². The van der Waals surface area contributed by atoms with Gasteiger partial charge in [0.15, 0.2) is 0 Å². The summed E-state index contributed by atoms with van der Waals surface area (Å²) in [5.41, 5.74) is 0.830. The molecule has 80 valence electrons. The molecule has 0 saturated carbocycles. The number of nitrogens with zero attached hydrogens (tertiary/aromatic N) is 1. The van der Waals surface area contributed by atoms with Gasteiger partial charge in [-0.2, -0.15) is 0 Å². The van der Waals surface area contributed by atoms with Crippen LogP contribution in [0.4, 0.5) is 0 Å². The summed E-state index contributed by atoms with van der Waals surface area (Å²) in [7, 11) is 0. The summed E-state index contributed by atoms with van der Waals surface area (Å²) < 4.78 is 17.0. The highest BCUT2D eigenvalue weighted by Crippen LogP contribution is 2.43. The fraction of sp³-hybridized carbons (Fsp3) is 0.545. The third-order valence-corrected chi connectivity index (χ3v) is 2.85.